The van der Waals surface area contributed by atoms with Crippen molar-refractivity contribution < 1.29 is 19.3 Å². The van der Waals surface area contributed by atoms with E-state index in [1.54, 1.807) is 0 Å². The van der Waals surface area contributed by atoms with E-state index >= 15 is 0 Å². The van der Waals surface area contributed by atoms with Crippen LogP contribution < -0.4 is 4.74 Å². The molecule has 0 heterocycles. The molecule has 13 heavy (non-hydrogen) atoms. The molecule has 1 rings (SSSR count). The van der Waals surface area contributed by atoms with Crippen LogP contribution in [0.15, 0.2) is 30.3 Å². The van der Waals surface area contributed by atoms with E-state index in [0.29, 0.717) is 0 Å². The zero-order valence-corrected chi connectivity index (χ0v) is 7.18. The van der Waals surface area contributed by atoms with E-state index in [1.165, 1.54) is 0 Å². The van der Waals surface area contributed by atoms with E-state index in [2.05, 4.69) is 4.74 Å². The smallest absolute Gasteiger partial charge is 0.191 e. The molecule has 1 N–H and O–H groups in total. The van der Waals surface area contributed by atoms with Crippen LogP contribution in [-0.4, -0.2) is 25.5 Å². The van der Waals surface area contributed by atoms with Crippen LogP contribution in [0.25, 0.3) is 0 Å². The Hall–Kier alpha value is -1.10. The molecule has 0 amide bonds. The summed E-state index contributed by atoms with van der Waals surface area (Å²) in [6.45, 7) is -0.196. The number of hydrogen-bond acceptors (Lipinski definition) is 4. The number of ether oxygens (including phenoxy) is 3. The zero-order chi connectivity index (χ0) is 9.36. The van der Waals surface area contributed by atoms with Crippen molar-refractivity contribution in [2.75, 3.05) is 20.4 Å². The SMILES string of the molecule is OCOCOCOc1ccccc1. The van der Waals surface area contributed by atoms with Gasteiger partial charge in [0, 0.05) is 0 Å². The van der Waals surface area contributed by atoms with Gasteiger partial charge in [0.05, 0.1) is 0 Å². The molecule has 4 nitrogen and oxygen atoms in total. The molecule has 0 unspecified atom stereocenters. The molecule has 0 bridgehead atoms. The summed E-state index contributed by atoms with van der Waals surface area (Å²) in [6, 6.07) is 9.31. The summed E-state index contributed by atoms with van der Waals surface area (Å²) in [5, 5.41) is 8.24. The second kappa shape index (κ2) is 6.42. The highest BCUT2D eigenvalue weighted by Gasteiger charge is 1.90. The predicted octanol–water partition coefficient (Wildman–Crippen LogP) is 0.963. The maximum atomic E-state index is 8.24. The van der Waals surface area contributed by atoms with E-state index in [4.69, 9.17) is 14.6 Å². The third-order valence-corrected chi connectivity index (χ3v) is 1.31. The molecular formula is C9H12O4. The molecule has 4 heteroatoms. The van der Waals surface area contributed by atoms with Gasteiger partial charge >= 0.3 is 0 Å². The van der Waals surface area contributed by atoms with Crippen LogP contribution in [0.2, 0.25) is 0 Å². The average Bonchev–Trinajstić information content (AvgIpc) is 2.19. The third-order valence-electron chi connectivity index (χ3n) is 1.31. The lowest BCUT2D eigenvalue weighted by Gasteiger charge is -2.05. The lowest BCUT2D eigenvalue weighted by Crippen LogP contribution is -2.06. The van der Waals surface area contributed by atoms with E-state index in [0.717, 1.165) is 5.75 Å². The molecule has 72 valence electrons. The van der Waals surface area contributed by atoms with Gasteiger partial charge in [-0.1, -0.05) is 18.2 Å². The van der Waals surface area contributed by atoms with Crippen LogP contribution in [0.3, 0.4) is 0 Å². The van der Waals surface area contributed by atoms with Gasteiger partial charge in [-0.05, 0) is 12.1 Å². The van der Waals surface area contributed by atoms with Crippen molar-refractivity contribution in [2.45, 2.75) is 0 Å². The first kappa shape index (κ1) is 9.98. The summed E-state index contributed by atoms with van der Waals surface area (Å²) in [7, 11) is 0. The topological polar surface area (TPSA) is 47.9 Å². The Balaban J connectivity index is 2.07. The normalized spacial score (nSPS) is 9.92. The number of para-hydroxylation sites is 1. The summed E-state index contributed by atoms with van der Waals surface area (Å²) in [6.07, 6.45) is 0. The minimum Gasteiger partial charge on any atom is -0.467 e. The van der Waals surface area contributed by atoms with Gasteiger partial charge in [0.1, 0.15) is 12.5 Å². The molecule has 0 aromatic heterocycles. The highest BCUT2D eigenvalue weighted by Crippen LogP contribution is 2.07. The molecular weight excluding hydrogens is 172 g/mol. The molecule has 0 aliphatic carbocycles. The highest BCUT2D eigenvalue weighted by molar-refractivity contribution is 5.20. The first-order valence-corrected chi connectivity index (χ1v) is 3.87. The van der Waals surface area contributed by atoms with Crippen molar-refractivity contribution in [1.29, 1.82) is 0 Å². The second-order valence-electron chi connectivity index (χ2n) is 2.23. The predicted molar refractivity (Wildman–Crippen MR) is 46.1 cm³/mol. The number of rotatable bonds is 6. The van der Waals surface area contributed by atoms with Gasteiger partial charge in [-0.2, -0.15) is 0 Å². The Bertz CT molecular complexity index is 212. The minimum atomic E-state index is -0.342. The zero-order valence-electron chi connectivity index (χ0n) is 7.18. The minimum absolute atomic E-state index is 0.0311. The van der Waals surface area contributed by atoms with E-state index in [-0.39, 0.29) is 20.4 Å². The highest BCUT2D eigenvalue weighted by atomic mass is 16.8. The molecule has 0 fully saturated rings. The van der Waals surface area contributed by atoms with Gasteiger partial charge in [0.2, 0.25) is 0 Å². The van der Waals surface area contributed by atoms with E-state index in [9.17, 15) is 0 Å². The molecule has 0 aliphatic heterocycles. The maximum Gasteiger partial charge on any atom is 0.191 e. The fraction of sp³-hybridized carbons (Fsp3) is 0.333. The van der Waals surface area contributed by atoms with Gasteiger partial charge in [0.15, 0.2) is 13.6 Å². The molecule has 0 saturated heterocycles. The summed E-state index contributed by atoms with van der Waals surface area (Å²) >= 11 is 0. The Kier molecular flexibility index (Phi) is 4.93. The standard InChI is InChI=1S/C9H12O4/c10-6-11-7-12-8-13-9-4-2-1-3-5-9/h1-5,10H,6-8H2. The van der Waals surface area contributed by atoms with Gasteiger partial charge in [-0.15, -0.1) is 0 Å². The van der Waals surface area contributed by atoms with Crippen molar-refractivity contribution in [3.8, 4) is 5.75 Å². The molecule has 0 atom stereocenters. The maximum absolute atomic E-state index is 8.24. The Labute approximate surface area is 76.7 Å². The summed E-state index contributed by atoms with van der Waals surface area (Å²) in [5.41, 5.74) is 0. The van der Waals surface area contributed by atoms with Crippen LogP contribution in [-0.2, 0) is 9.47 Å². The summed E-state index contributed by atoms with van der Waals surface area (Å²) in [5.74, 6) is 0.742. The Morgan fingerprint density at radius 2 is 1.77 bits per heavy atom. The molecule has 0 radical (unpaired) electrons. The van der Waals surface area contributed by atoms with Gasteiger partial charge in [0.25, 0.3) is 0 Å². The monoisotopic (exact) mass is 184 g/mol. The second-order valence-corrected chi connectivity index (χ2v) is 2.23. The number of aliphatic hydroxyl groups excluding tert-OH is 1. The molecule has 0 saturated carbocycles. The third kappa shape index (κ3) is 4.47. The summed E-state index contributed by atoms with van der Waals surface area (Å²) in [4.78, 5) is 0. The number of hydrogen-bond donors (Lipinski definition) is 1. The molecule has 0 aliphatic rings. The van der Waals surface area contributed by atoms with Crippen LogP contribution >= 0.6 is 0 Å². The van der Waals surface area contributed by atoms with Crippen LogP contribution in [0.4, 0.5) is 0 Å². The molecule has 1 aromatic carbocycles. The van der Waals surface area contributed by atoms with Crippen molar-refractivity contribution in [2.24, 2.45) is 0 Å². The molecule has 1 aromatic rings. The lowest BCUT2D eigenvalue weighted by molar-refractivity contribution is -0.136. The van der Waals surface area contributed by atoms with E-state index < -0.39 is 0 Å². The van der Waals surface area contributed by atoms with Crippen molar-refractivity contribution >= 4 is 0 Å². The van der Waals surface area contributed by atoms with Crippen LogP contribution in [0, 0.1) is 0 Å². The van der Waals surface area contributed by atoms with Gasteiger partial charge in [-0.25, -0.2) is 0 Å². The average molecular weight is 184 g/mol. The largest absolute Gasteiger partial charge is 0.467 e. The van der Waals surface area contributed by atoms with Gasteiger partial charge < -0.3 is 19.3 Å². The first-order valence-electron chi connectivity index (χ1n) is 3.87. The Morgan fingerprint density at radius 1 is 1.00 bits per heavy atom. The van der Waals surface area contributed by atoms with Crippen molar-refractivity contribution in [3.63, 3.8) is 0 Å². The fourth-order valence-corrected chi connectivity index (χ4v) is 0.757. The van der Waals surface area contributed by atoms with Crippen LogP contribution in [0.5, 0.6) is 5.75 Å². The van der Waals surface area contributed by atoms with Crippen molar-refractivity contribution in [1.82, 2.24) is 0 Å². The lowest BCUT2D eigenvalue weighted by atomic mass is 10.3. The van der Waals surface area contributed by atoms with Crippen molar-refractivity contribution in [3.05, 3.63) is 30.3 Å². The fourth-order valence-electron chi connectivity index (χ4n) is 0.757. The first-order chi connectivity index (χ1) is 6.43. The Morgan fingerprint density at radius 3 is 2.46 bits per heavy atom. The quantitative estimate of drug-likeness (QED) is 0.528. The van der Waals surface area contributed by atoms with Gasteiger partial charge in [-0.3, -0.25) is 0 Å². The number of benzene rings is 1. The van der Waals surface area contributed by atoms with Crippen LogP contribution in [0.1, 0.15) is 0 Å². The van der Waals surface area contributed by atoms with E-state index in [1.807, 2.05) is 30.3 Å². The molecule has 0 spiro atoms. The number of aliphatic hydroxyl groups is 1. The summed E-state index contributed by atoms with van der Waals surface area (Å²) < 4.78 is 14.6.